The fourth-order valence-electron chi connectivity index (χ4n) is 7.51. The molecule has 0 aliphatic heterocycles. The van der Waals surface area contributed by atoms with Gasteiger partial charge in [-0.15, -0.1) is 0 Å². The summed E-state index contributed by atoms with van der Waals surface area (Å²) in [6.07, 6.45) is 45.3. The van der Waals surface area contributed by atoms with E-state index in [-0.39, 0.29) is 31.1 Å². The van der Waals surface area contributed by atoms with Crippen molar-refractivity contribution < 1.29 is 28.6 Å². The van der Waals surface area contributed by atoms with Crippen LogP contribution in [0.1, 0.15) is 278 Å². The molecule has 0 aromatic carbocycles. The number of hydrogen-bond acceptors (Lipinski definition) is 6. The molecule has 0 rings (SSSR count). The van der Waals surface area contributed by atoms with Crippen molar-refractivity contribution in [3.05, 3.63) is 0 Å². The number of carbonyl (C=O) groups excluding carboxylic acids is 3. The third-order valence-electron chi connectivity index (χ3n) is 11.3. The van der Waals surface area contributed by atoms with Crippen LogP contribution in [0.25, 0.3) is 0 Å². The van der Waals surface area contributed by atoms with E-state index in [0.29, 0.717) is 19.3 Å². The summed E-state index contributed by atoms with van der Waals surface area (Å²) in [5, 5.41) is 0. The second kappa shape index (κ2) is 44.5. The smallest absolute Gasteiger partial charge is 0.306 e. The molecule has 0 unspecified atom stereocenters. The molecule has 0 spiro atoms. The predicted molar refractivity (Wildman–Crippen MR) is 238 cm³/mol. The fraction of sp³-hybridized carbons (Fsp3) is 0.940. The maximum absolute atomic E-state index is 12.8. The normalized spacial score (nSPS) is 11.9. The Balaban J connectivity index is 4.24. The molecule has 0 heterocycles. The molecule has 0 fully saturated rings. The predicted octanol–water partition coefficient (Wildman–Crippen LogP) is 15.9. The highest BCUT2D eigenvalue weighted by Gasteiger charge is 2.19. The first-order chi connectivity index (χ1) is 27.4. The number of rotatable bonds is 45. The van der Waals surface area contributed by atoms with Crippen LogP contribution in [0.5, 0.6) is 0 Å². The van der Waals surface area contributed by atoms with E-state index >= 15 is 0 Å². The van der Waals surface area contributed by atoms with E-state index in [2.05, 4.69) is 27.7 Å². The van der Waals surface area contributed by atoms with Crippen LogP contribution in [0.2, 0.25) is 0 Å². The Morgan fingerprint density at radius 1 is 0.339 bits per heavy atom. The maximum Gasteiger partial charge on any atom is 0.306 e. The molecule has 0 N–H and O–H groups in total. The topological polar surface area (TPSA) is 78.9 Å². The first-order valence-corrected chi connectivity index (χ1v) is 24.9. The standard InChI is InChI=1S/C50H96O6/c1-5-7-9-11-13-15-17-18-19-20-21-22-23-25-27-29-35-39-43-50(53)56-47(45-55-49(52)42-38-34-31-30-32-36-40-46(3)4)44-54-48(51)41-37-33-28-26-24-16-14-12-10-8-6-2/h46-47H,5-45H2,1-4H3/t47-/m1/s1. The van der Waals surface area contributed by atoms with Crippen molar-refractivity contribution in [1.29, 1.82) is 0 Å². The van der Waals surface area contributed by atoms with Gasteiger partial charge in [0.15, 0.2) is 6.10 Å². The van der Waals surface area contributed by atoms with Gasteiger partial charge >= 0.3 is 17.9 Å². The number of carbonyl (C=O) groups is 3. The summed E-state index contributed by atoms with van der Waals surface area (Å²) in [4.78, 5) is 37.8. The Labute approximate surface area is 348 Å². The molecule has 0 amide bonds. The zero-order valence-corrected chi connectivity index (χ0v) is 38.1. The number of hydrogen-bond donors (Lipinski definition) is 0. The van der Waals surface area contributed by atoms with Gasteiger partial charge < -0.3 is 14.2 Å². The SMILES string of the molecule is CCCCCCCCCCCCCCCCCCCCC(=O)O[C@H](COC(=O)CCCCCCCCCCCCC)COC(=O)CCCCCCCCC(C)C. The van der Waals surface area contributed by atoms with Gasteiger partial charge in [-0.1, -0.05) is 240 Å². The van der Waals surface area contributed by atoms with Crippen LogP contribution in [0.4, 0.5) is 0 Å². The van der Waals surface area contributed by atoms with Crippen molar-refractivity contribution in [3.63, 3.8) is 0 Å². The lowest BCUT2D eigenvalue weighted by Gasteiger charge is -2.18. The molecular formula is C50H96O6. The summed E-state index contributed by atoms with van der Waals surface area (Å²) >= 11 is 0. The summed E-state index contributed by atoms with van der Waals surface area (Å²) in [6.45, 7) is 8.94. The minimum atomic E-state index is -0.760. The van der Waals surface area contributed by atoms with Gasteiger partial charge in [-0.3, -0.25) is 14.4 Å². The average molecular weight is 793 g/mol. The first-order valence-electron chi connectivity index (χ1n) is 24.9. The molecule has 56 heavy (non-hydrogen) atoms. The summed E-state index contributed by atoms with van der Waals surface area (Å²) in [6, 6.07) is 0. The van der Waals surface area contributed by atoms with Crippen molar-refractivity contribution in [2.45, 2.75) is 284 Å². The fourth-order valence-corrected chi connectivity index (χ4v) is 7.51. The lowest BCUT2D eigenvalue weighted by atomic mass is 10.0. The Kier molecular flexibility index (Phi) is 43.2. The lowest BCUT2D eigenvalue weighted by molar-refractivity contribution is -0.167. The molecule has 0 aromatic rings. The van der Waals surface area contributed by atoms with Crippen LogP contribution in [0, 0.1) is 5.92 Å². The van der Waals surface area contributed by atoms with Crippen molar-refractivity contribution in [2.24, 2.45) is 5.92 Å². The molecule has 6 heteroatoms. The van der Waals surface area contributed by atoms with Gasteiger partial charge in [-0.05, 0) is 25.2 Å². The summed E-state index contributed by atoms with van der Waals surface area (Å²) in [5.74, 6) is -0.0902. The molecule has 0 bridgehead atoms. The highest BCUT2D eigenvalue weighted by atomic mass is 16.6. The van der Waals surface area contributed by atoms with Crippen LogP contribution in [-0.4, -0.2) is 37.2 Å². The van der Waals surface area contributed by atoms with Crippen molar-refractivity contribution in [1.82, 2.24) is 0 Å². The van der Waals surface area contributed by atoms with E-state index in [1.54, 1.807) is 0 Å². The van der Waals surface area contributed by atoms with Gasteiger partial charge in [0, 0.05) is 19.3 Å². The Morgan fingerprint density at radius 2 is 0.589 bits per heavy atom. The van der Waals surface area contributed by atoms with Crippen LogP contribution in [0.3, 0.4) is 0 Å². The molecule has 0 saturated heterocycles. The Hall–Kier alpha value is -1.59. The summed E-state index contributed by atoms with van der Waals surface area (Å²) < 4.78 is 16.7. The van der Waals surface area contributed by atoms with Gasteiger partial charge in [0.1, 0.15) is 13.2 Å². The van der Waals surface area contributed by atoms with Crippen LogP contribution < -0.4 is 0 Å². The second-order valence-corrected chi connectivity index (χ2v) is 17.6. The Morgan fingerprint density at radius 3 is 0.875 bits per heavy atom. The van der Waals surface area contributed by atoms with Crippen molar-refractivity contribution in [2.75, 3.05) is 13.2 Å². The number of esters is 3. The van der Waals surface area contributed by atoms with Gasteiger partial charge in [0.05, 0.1) is 0 Å². The largest absolute Gasteiger partial charge is 0.462 e. The van der Waals surface area contributed by atoms with Gasteiger partial charge in [-0.25, -0.2) is 0 Å². The molecule has 1 atom stereocenters. The Bertz CT molecular complexity index is 841. The summed E-state index contributed by atoms with van der Waals surface area (Å²) in [7, 11) is 0. The van der Waals surface area contributed by atoms with E-state index in [4.69, 9.17) is 14.2 Å². The van der Waals surface area contributed by atoms with Crippen molar-refractivity contribution >= 4 is 17.9 Å². The minimum Gasteiger partial charge on any atom is -0.462 e. The highest BCUT2D eigenvalue weighted by Crippen LogP contribution is 2.17. The van der Waals surface area contributed by atoms with Crippen LogP contribution in [-0.2, 0) is 28.6 Å². The number of unbranched alkanes of at least 4 members (excludes halogenated alkanes) is 32. The molecule has 6 nitrogen and oxygen atoms in total. The van der Waals surface area contributed by atoms with Crippen molar-refractivity contribution in [3.8, 4) is 0 Å². The van der Waals surface area contributed by atoms with E-state index in [9.17, 15) is 14.4 Å². The molecule has 332 valence electrons. The van der Waals surface area contributed by atoms with Crippen LogP contribution in [0.15, 0.2) is 0 Å². The van der Waals surface area contributed by atoms with E-state index in [1.807, 2.05) is 0 Å². The maximum atomic E-state index is 12.8. The quantitative estimate of drug-likeness (QED) is 0.0347. The monoisotopic (exact) mass is 793 g/mol. The molecule has 0 radical (unpaired) electrons. The minimum absolute atomic E-state index is 0.0641. The average Bonchev–Trinajstić information content (AvgIpc) is 3.18. The highest BCUT2D eigenvalue weighted by molar-refractivity contribution is 5.71. The second-order valence-electron chi connectivity index (χ2n) is 17.6. The van der Waals surface area contributed by atoms with Crippen LogP contribution >= 0.6 is 0 Å². The lowest BCUT2D eigenvalue weighted by Crippen LogP contribution is -2.30. The molecule has 0 aromatic heterocycles. The van der Waals surface area contributed by atoms with Gasteiger partial charge in [-0.2, -0.15) is 0 Å². The molecule has 0 aliphatic carbocycles. The van der Waals surface area contributed by atoms with Gasteiger partial charge in [0.2, 0.25) is 0 Å². The van der Waals surface area contributed by atoms with E-state index in [1.165, 1.54) is 173 Å². The molecular weight excluding hydrogens is 697 g/mol. The third-order valence-corrected chi connectivity index (χ3v) is 11.3. The summed E-state index contributed by atoms with van der Waals surface area (Å²) in [5.41, 5.74) is 0. The van der Waals surface area contributed by atoms with Gasteiger partial charge in [0.25, 0.3) is 0 Å². The van der Waals surface area contributed by atoms with E-state index < -0.39 is 6.10 Å². The zero-order valence-electron chi connectivity index (χ0n) is 38.1. The van der Waals surface area contributed by atoms with E-state index in [0.717, 1.165) is 63.7 Å². The zero-order chi connectivity index (χ0) is 41.0. The number of ether oxygens (including phenoxy) is 3. The first kappa shape index (κ1) is 54.4. The molecule has 0 saturated carbocycles. The third kappa shape index (κ3) is 43.5. The molecule has 0 aliphatic rings.